The van der Waals surface area contributed by atoms with Crippen molar-refractivity contribution in [1.82, 2.24) is 0 Å². The summed E-state index contributed by atoms with van der Waals surface area (Å²) in [6.45, 7) is 20.2. The number of ether oxygens (including phenoxy) is 4. The van der Waals surface area contributed by atoms with Crippen LogP contribution in [0.15, 0.2) is 106 Å². The molecule has 1 saturated carbocycles. The summed E-state index contributed by atoms with van der Waals surface area (Å²) in [7, 11) is 0. The largest absolute Gasteiger partial charge is 0.493 e. The first kappa shape index (κ1) is 39.3. The summed E-state index contributed by atoms with van der Waals surface area (Å²) in [4.78, 5) is 0. The average molecular weight is 705 g/mol. The molecule has 0 unspecified atom stereocenters. The van der Waals surface area contributed by atoms with Gasteiger partial charge in [-0.3, -0.25) is 0 Å². The smallest absolute Gasteiger partial charge is 0.126 e. The highest BCUT2D eigenvalue weighted by Gasteiger charge is 2.56. The highest BCUT2D eigenvalue weighted by atomic mass is 16.5. The molecule has 0 radical (unpaired) electrons. The third-order valence-corrected chi connectivity index (χ3v) is 11.0. The van der Waals surface area contributed by atoms with Crippen molar-refractivity contribution in [2.24, 2.45) is 11.8 Å². The van der Waals surface area contributed by atoms with E-state index in [1.165, 1.54) is 44.6 Å². The van der Waals surface area contributed by atoms with Gasteiger partial charge in [-0.1, -0.05) is 69.9 Å². The Morgan fingerprint density at radius 3 is 1.27 bits per heavy atom. The fourth-order valence-corrected chi connectivity index (χ4v) is 7.84. The molecule has 4 heteroatoms. The molecule has 4 nitrogen and oxygen atoms in total. The zero-order valence-corrected chi connectivity index (χ0v) is 33.4. The van der Waals surface area contributed by atoms with Crippen LogP contribution in [0.3, 0.4) is 0 Å². The van der Waals surface area contributed by atoms with Gasteiger partial charge in [-0.05, 0) is 142 Å². The van der Waals surface area contributed by atoms with Crippen LogP contribution >= 0.6 is 0 Å². The molecule has 3 aliphatic rings. The van der Waals surface area contributed by atoms with E-state index in [-0.39, 0.29) is 0 Å². The summed E-state index contributed by atoms with van der Waals surface area (Å²) in [5, 5.41) is 0. The highest BCUT2D eigenvalue weighted by molar-refractivity contribution is 5.53. The fourth-order valence-electron chi connectivity index (χ4n) is 7.84. The molecule has 4 atom stereocenters. The molecule has 1 fully saturated rings. The topological polar surface area (TPSA) is 36.9 Å². The molecule has 0 amide bonds. The van der Waals surface area contributed by atoms with Crippen LogP contribution in [-0.4, -0.2) is 26.4 Å². The Labute approximate surface area is 315 Å². The number of fused-ring (bicyclic) bond motifs is 8. The summed E-state index contributed by atoms with van der Waals surface area (Å²) < 4.78 is 25.0. The highest BCUT2D eigenvalue weighted by Crippen LogP contribution is 2.64. The SMILES string of the molecule is CC(C)=CCC/C(C)=C/CC/C(C)=C/COc1ccc2c(c1)OC[C@@H]1[C@@H]3COc4cc(OC/C=C(\C)CC/C=C(\C)CCC=C(C)C)ccc4[C@@H]3[C@H]21. The van der Waals surface area contributed by atoms with E-state index in [1.807, 2.05) is 0 Å². The van der Waals surface area contributed by atoms with Gasteiger partial charge in [0.05, 0.1) is 13.2 Å². The van der Waals surface area contributed by atoms with Crippen LogP contribution in [0, 0.1) is 11.8 Å². The van der Waals surface area contributed by atoms with Crippen molar-refractivity contribution < 1.29 is 18.9 Å². The molecule has 1 aliphatic carbocycles. The Morgan fingerprint density at radius 1 is 0.519 bits per heavy atom. The lowest BCUT2D eigenvalue weighted by Gasteiger charge is -2.56. The monoisotopic (exact) mass is 704 g/mol. The number of hydrogen-bond acceptors (Lipinski definition) is 4. The van der Waals surface area contributed by atoms with Crippen molar-refractivity contribution in [3.8, 4) is 23.0 Å². The van der Waals surface area contributed by atoms with Gasteiger partial charge in [-0.2, -0.15) is 0 Å². The van der Waals surface area contributed by atoms with Crippen LogP contribution in [0.25, 0.3) is 0 Å². The second-order valence-corrected chi connectivity index (χ2v) is 15.9. The van der Waals surface area contributed by atoms with Crippen LogP contribution < -0.4 is 18.9 Å². The van der Waals surface area contributed by atoms with Gasteiger partial charge in [0, 0.05) is 35.8 Å². The third-order valence-electron chi connectivity index (χ3n) is 11.0. The quantitative estimate of drug-likeness (QED) is 0.145. The van der Waals surface area contributed by atoms with E-state index in [1.54, 1.807) is 0 Å². The molecule has 0 N–H and O–H groups in total. The van der Waals surface area contributed by atoms with Gasteiger partial charge >= 0.3 is 0 Å². The minimum Gasteiger partial charge on any atom is -0.493 e. The maximum Gasteiger partial charge on any atom is 0.126 e. The van der Waals surface area contributed by atoms with E-state index in [0.29, 0.717) is 36.9 Å². The van der Waals surface area contributed by atoms with Crippen molar-refractivity contribution >= 4 is 0 Å². The molecule has 0 bridgehead atoms. The molecule has 0 saturated heterocycles. The Kier molecular flexibility index (Phi) is 14.5. The summed E-state index contributed by atoms with van der Waals surface area (Å²) in [6.07, 6.45) is 22.7. The second kappa shape index (κ2) is 19.2. The molecule has 5 rings (SSSR count). The average Bonchev–Trinajstić information content (AvgIpc) is 3.09. The van der Waals surface area contributed by atoms with Crippen LogP contribution in [-0.2, 0) is 0 Å². The zero-order valence-electron chi connectivity index (χ0n) is 33.4. The van der Waals surface area contributed by atoms with Crippen molar-refractivity contribution in [2.45, 2.75) is 119 Å². The van der Waals surface area contributed by atoms with E-state index < -0.39 is 0 Å². The molecular weight excluding hydrogens is 641 g/mol. The number of allylic oxidation sites excluding steroid dienone is 10. The Hall–Kier alpha value is -3.92. The number of rotatable bonds is 18. The molecule has 2 heterocycles. The van der Waals surface area contributed by atoms with Crippen LogP contribution in [0.1, 0.15) is 130 Å². The molecule has 0 aromatic heterocycles. The molecule has 2 aliphatic heterocycles. The van der Waals surface area contributed by atoms with Crippen LogP contribution in [0.4, 0.5) is 0 Å². The van der Waals surface area contributed by atoms with Gasteiger partial charge in [-0.25, -0.2) is 0 Å². The minimum absolute atomic E-state index is 0.438. The molecule has 0 spiro atoms. The maximum atomic E-state index is 6.33. The van der Waals surface area contributed by atoms with Crippen molar-refractivity contribution in [2.75, 3.05) is 26.4 Å². The molecule has 52 heavy (non-hydrogen) atoms. The number of hydrogen-bond donors (Lipinski definition) is 0. The fraction of sp³-hybridized carbons (Fsp3) is 0.500. The Balaban J connectivity index is 1.11. The van der Waals surface area contributed by atoms with Crippen molar-refractivity contribution in [3.05, 3.63) is 117 Å². The molecule has 2 aromatic carbocycles. The number of benzene rings is 2. The Morgan fingerprint density at radius 2 is 0.885 bits per heavy atom. The summed E-state index contributed by atoms with van der Waals surface area (Å²) in [6, 6.07) is 12.9. The van der Waals surface area contributed by atoms with E-state index in [4.69, 9.17) is 18.9 Å². The lowest BCUT2D eigenvalue weighted by atomic mass is 9.51. The summed E-state index contributed by atoms with van der Waals surface area (Å²) in [5.41, 5.74) is 11.1. The molecular formula is C48H64O4. The van der Waals surface area contributed by atoms with Gasteiger partial charge in [0.2, 0.25) is 0 Å². The molecule has 280 valence electrons. The van der Waals surface area contributed by atoms with Crippen molar-refractivity contribution in [1.29, 1.82) is 0 Å². The van der Waals surface area contributed by atoms with Gasteiger partial charge in [-0.15, -0.1) is 0 Å². The van der Waals surface area contributed by atoms with E-state index >= 15 is 0 Å². The summed E-state index contributed by atoms with van der Waals surface area (Å²) >= 11 is 0. The van der Waals surface area contributed by atoms with E-state index in [9.17, 15) is 0 Å². The Bertz CT molecular complexity index is 1560. The second-order valence-electron chi connectivity index (χ2n) is 15.9. The summed E-state index contributed by atoms with van der Waals surface area (Å²) in [5.74, 6) is 5.51. The van der Waals surface area contributed by atoms with Crippen LogP contribution in [0.2, 0.25) is 0 Å². The minimum atomic E-state index is 0.438. The molecule has 2 aromatic rings. The lowest BCUT2D eigenvalue weighted by molar-refractivity contribution is -0.0199. The first-order valence-corrected chi connectivity index (χ1v) is 19.8. The van der Waals surface area contributed by atoms with Gasteiger partial charge in [0.25, 0.3) is 0 Å². The normalized spacial score (nSPS) is 20.9. The predicted molar refractivity (Wildman–Crippen MR) is 218 cm³/mol. The third kappa shape index (κ3) is 11.0. The first-order valence-electron chi connectivity index (χ1n) is 19.8. The van der Waals surface area contributed by atoms with E-state index in [0.717, 1.165) is 87.6 Å². The standard InChI is InChI=1S/C48H64O4/c1-33(2)13-9-15-35(5)17-11-19-37(7)25-27-49-39-21-23-41-45(29-39)51-31-43-44-32-52-46-30-40(22-24-42(46)48(44)47(41)43)50-28-26-38(8)20-12-18-36(6)16-10-14-34(3)4/h13-14,17-18,21-26,29-30,43-44,47-48H,9-12,15-16,19-20,27-28,31-32H2,1-8H3/b35-17+,36-18+,37-25+,38-26+/t43-,44+,47-,48+. The van der Waals surface area contributed by atoms with Gasteiger partial charge in [0.1, 0.15) is 36.2 Å². The maximum absolute atomic E-state index is 6.33. The zero-order chi connectivity index (χ0) is 37.0. The van der Waals surface area contributed by atoms with Gasteiger partial charge < -0.3 is 18.9 Å². The van der Waals surface area contributed by atoms with E-state index in [2.05, 4.69) is 128 Å². The van der Waals surface area contributed by atoms with Crippen molar-refractivity contribution in [3.63, 3.8) is 0 Å². The first-order chi connectivity index (χ1) is 25.1. The van der Waals surface area contributed by atoms with Crippen LogP contribution in [0.5, 0.6) is 23.0 Å². The lowest BCUT2D eigenvalue weighted by Crippen LogP contribution is -2.52. The predicted octanol–water partition coefficient (Wildman–Crippen LogP) is 13.2. The van der Waals surface area contributed by atoms with Gasteiger partial charge in [0.15, 0.2) is 0 Å².